The number of furan rings is 1. The normalized spacial score (nSPS) is 17.6. The van der Waals surface area contributed by atoms with Gasteiger partial charge >= 0.3 is 0 Å². The number of benzene rings is 2. The number of carbonyl (C=O) groups is 2. The smallest absolute Gasteiger partial charge is 0.287 e. The van der Waals surface area contributed by atoms with Gasteiger partial charge < -0.3 is 15.1 Å². The van der Waals surface area contributed by atoms with E-state index >= 15 is 0 Å². The van der Waals surface area contributed by atoms with E-state index in [-0.39, 0.29) is 17.9 Å². The summed E-state index contributed by atoms with van der Waals surface area (Å²) in [4.78, 5) is 27.9. The van der Waals surface area contributed by atoms with E-state index in [9.17, 15) is 9.59 Å². The Morgan fingerprint density at radius 2 is 1.72 bits per heavy atom. The first-order chi connectivity index (χ1) is 17.6. The van der Waals surface area contributed by atoms with Gasteiger partial charge in [0.05, 0.1) is 11.6 Å². The maximum Gasteiger partial charge on any atom is 0.287 e. The molecule has 2 aliphatic rings. The van der Waals surface area contributed by atoms with E-state index < -0.39 is 0 Å². The van der Waals surface area contributed by atoms with E-state index in [1.54, 1.807) is 6.07 Å². The van der Waals surface area contributed by atoms with E-state index in [4.69, 9.17) is 9.68 Å². The first-order valence-corrected chi connectivity index (χ1v) is 12.9. The molecule has 0 unspecified atom stereocenters. The van der Waals surface area contributed by atoms with Gasteiger partial charge in [-0.05, 0) is 80.2 Å². The highest BCUT2D eigenvalue weighted by Gasteiger charge is 2.24. The Hall–Kier alpha value is -3.47. The van der Waals surface area contributed by atoms with Crippen molar-refractivity contribution in [3.63, 3.8) is 0 Å². The monoisotopic (exact) mass is 484 g/mol. The first-order valence-electron chi connectivity index (χ1n) is 12.9. The summed E-state index contributed by atoms with van der Waals surface area (Å²) in [7, 11) is 0. The van der Waals surface area contributed by atoms with Crippen LogP contribution in [-0.4, -0.2) is 48.8 Å². The van der Waals surface area contributed by atoms with E-state index in [1.807, 2.05) is 42.5 Å². The number of rotatable bonds is 7. The van der Waals surface area contributed by atoms with Gasteiger partial charge in [0.15, 0.2) is 5.76 Å². The molecule has 2 aliphatic heterocycles. The molecule has 2 fully saturated rings. The molecule has 0 radical (unpaired) electrons. The molecule has 0 spiro atoms. The minimum Gasteiger partial charge on any atom is -0.451 e. The van der Waals surface area contributed by atoms with Gasteiger partial charge in [-0.25, -0.2) is 0 Å². The number of nitrogens with zero attached hydrogens (tertiary/aromatic N) is 2. The minimum absolute atomic E-state index is 0.112. The molecular weight excluding hydrogens is 452 g/mol. The topological polar surface area (TPSA) is 98.4 Å². The fraction of sp³-hybridized carbons (Fsp3) is 0.414. The number of hydrogen-bond donors (Lipinski definition) is 2. The number of ketones is 1. The molecule has 186 valence electrons. The van der Waals surface area contributed by atoms with E-state index in [0.717, 1.165) is 69.4 Å². The molecule has 0 atom stereocenters. The van der Waals surface area contributed by atoms with E-state index in [0.29, 0.717) is 29.1 Å². The second-order valence-corrected chi connectivity index (χ2v) is 9.98. The molecule has 2 saturated heterocycles. The number of piperidine rings is 2. The van der Waals surface area contributed by atoms with Crippen LogP contribution in [-0.2, 0) is 17.8 Å². The number of nitriles is 1. The van der Waals surface area contributed by atoms with Crippen molar-refractivity contribution in [2.45, 2.75) is 44.7 Å². The second kappa shape index (κ2) is 11.1. The van der Waals surface area contributed by atoms with Crippen LogP contribution in [0.3, 0.4) is 0 Å². The first kappa shape index (κ1) is 24.2. The van der Waals surface area contributed by atoms with Crippen molar-refractivity contribution in [1.82, 2.24) is 15.5 Å². The van der Waals surface area contributed by atoms with Crippen LogP contribution in [0.1, 0.15) is 52.9 Å². The highest BCUT2D eigenvalue weighted by atomic mass is 16.3. The summed E-state index contributed by atoms with van der Waals surface area (Å²) >= 11 is 0. The van der Waals surface area contributed by atoms with Crippen LogP contribution in [0, 0.1) is 17.2 Å². The van der Waals surface area contributed by atoms with E-state index in [2.05, 4.69) is 21.6 Å². The van der Waals surface area contributed by atoms with Crippen LogP contribution in [0.4, 0.5) is 0 Å². The predicted octanol–water partition coefficient (Wildman–Crippen LogP) is 3.81. The van der Waals surface area contributed by atoms with Crippen molar-refractivity contribution in [2.24, 2.45) is 5.92 Å². The van der Waals surface area contributed by atoms with Crippen molar-refractivity contribution in [3.05, 3.63) is 71.0 Å². The molecule has 7 heteroatoms. The molecule has 7 nitrogen and oxygen atoms in total. The van der Waals surface area contributed by atoms with Crippen LogP contribution >= 0.6 is 0 Å². The fourth-order valence-electron chi connectivity index (χ4n) is 5.24. The number of hydrogen-bond acceptors (Lipinski definition) is 6. The van der Waals surface area contributed by atoms with Crippen molar-refractivity contribution in [2.75, 3.05) is 26.2 Å². The lowest BCUT2D eigenvalue weighted by atomic mass is 9.90. The Bertz CT molecular complexity index is 1260. The third-order valence-electron chi connectivity index (χ3n) is 7.39. The van der Waals surface area contributed by atoms with Crippen LogP contribution in [0.2, 0.25) is 0 Å². The second-order valence-electron chi connectivity index (χ2n) is 9.98. The number of nitrogens with one attached hydrogen (secondary N) is 2. The molecule has 0 aliphatic carbocycles. The Kier molecular flexibility index (Phi) is 7.45. The third kappa shape index (κ3) is 5.84. The minimum atomic E-state index is -0.191. The van der Waals surface area contributed by atoms with Gasteiger partial charge in [0.25, 0.3) is 5.91 Å². The van der Waals surface area contributed by atoms with Gasteiger partial charge in [-0.3, -0.25) is 14.5 Å². The van der Waals surface area contributed by atoms with Gasteiger partial charge in [-0.1, -0.05) is 18.2 Å². The molecule has 3 heterocycles. The summed E-state index contributed by atoms with van der Waals surface area (Å²) in [5.74, 6) is 0.557. The van der Waals surface area contributed by atoms with Crippen LogP contribution in [0.15, 0.2) is 52.9 Å². The number of fused-ring (bicyclic) bond motifs is 1. The Balaban J connectivity index is 1.13. The number of Topliss-reactive ketones (excluding diaryl/α,β-unsaturated/α-hetero) is 1. The van der Waals surface area contributed by atoms with Crippen molar-refractivity contribution >= 4 is 22.7 Å². The highest BCUT2D eigenvalue weighted by Crippen LogP contribution is 2.23. The zero-order valence-corrected chi connectivity index (χ0v) is 20.5. The Labute approximate surface area is 211 Å². The SMILES string of the molecule is N#Cc1ccc(CN2CCC(NC(=O)c3cc4cc(CC(=O)C5CCNCC5)ccc4o3)CC2)cc1. The summed E-state index contributed by atoms with van der Waals surface area (Å²) < 4.78 is 5.83. The van der Waals surface area contributed by atoms with Crippen molar-refractivity contribution in [1.29, 1.82) is 5.26 Å². The lowest BCUT2D eigenvalue weighted by Gasteiger charge is -2.32. The number of amides is 1. The standard InChI is InChI=1S/C29H32N4O3/c30-18-20-1-3-21(4-2-20)19-33-13-9-25(10-14-33)32-29(35)28-17-24-15-22(5-6-27(24)36-28)16-26(34)23-7-11-31-12-8-23/h1-6,15,17,23,25,31H,7-14,16,19H2,(H,32,35). The maximum absolute atomic E-state index is 12.9. The molecule has 2 aromatic carbocycles. The quantitative estimate of drug-likeness (QED) is 0.529. The molecule has 36 heavy (non-hydrogen) atoms. The third-order valence-corrected chi connectivity index (χ3v) is 7.39. The van der Waals surface area contributed by atoms with Gasteiger partial charge in [-0.2, -0.15) is 5.26 Å². The average molecular weight is 485 g/mol. The summed E-state index contributed by atoms with van der Waals surface area (Å²) in [5, 5.41) is 16.2. The molecule has 3 aromatic rings. The maximum atomic E-state index is 12.9. The van der Waals surface area contributed by atoms with Gasteiger partial charge in [0, 0.05) is 43.4 Å². The lowest BCUT2D eigenvalue weighted by Crippen LogP contribution is -2.44. The zero-order valence-electron chi connectivity index (χ0n) is 20.5. The molecule has 2 N–H and O–H groups in total. The molecule has 0 saturated carbocycles. The summed E-state index contributed by atoms with van der Waals surface area (Å²) in [5.41, 5.74) is 3.49. The van der Waals surface area contributed by atoms with E-state index in [1.165, 1.54) is 5.56 Å². The summed E-state index contributed by atoms with van der Waals surface area (Å²) in [6.07, 6.45) is 4.00. The fourth-order valence-corrected chi connectivity index (χ4v) is 5.24. The predicted molar refractivity (Wildman–Crippen MR) is 137 cm³/mol. The van der Waals surface area contributed by atoms with Gasteiger partial charge in [0.1, 0.15) is 11.4 Å². The largest absolute Gasteiger partial charge is 0.451 e. The van der Waals surface area contributed by atoms with Crippen LogP contribution in [0.25, 0.3) is 11.0 Å². The summed E-state index contributed by atoms with van der Waals surface area (Å²) in [6.45, 7) is 4.47. The molecule has 0 bridgehead atoms. The summed E-state index contributed by atoms with van der Waals surface area (Å²) in [6, 6.07) is 17.5. The van der Waals surface area contributed by atoms with Crippen molar-refractivity contribution in [3.8, 4) is 6.07 Å². The Morgan fingerprint density at radius 3 is 2.44 bits per heavy atom. The Morgan fingerprint density at radius 1 is 1.00 bits per heavy atom. The molecule has 1 amide bonds. The van der Waals surface area contributed by atoms with Crippen LogP contribution < -0.4 is 10.6 Å². The average Bonchev–Trinajstić information content (AvgIpc) is 3.34. The highest BCUT2D eigenvalue weighted by molar-refractivity contribution is 5.96. The molecular formula is C29H32N4O3. The van der Waals surface area contributed by atoms with Gasteiger partial charge in [-0.15, -0.1) is 0 Å². The lowest BCUT2D eigenvalue weighted by molar-refractivity contribution is -0.122. The van der Waals surface area contributed by atoms with Crippen molar-refractivity contribution < 1.29 is 14.0 Å². The van der Waals surface area contributed by atoms with Gasteiger partial charge in [0.2, 0.25) is 0 Å². The molecule has 5 rings (SSSR count). The number of carbonyl (C=O) groups excluding carboxylic acids is 2. The molecule has 1 aromatic heterocycles. The zero-order chi connectivity index (χ0) is 24.9. The van der Waals surface area contributed by atoms with Crippen LogP contribution in [0.5, 0.6) is 0 Å². The number of likely N-dealkylation sites (tertiary alicyclic amines) is 1.